The first kappa shape index (κ1) is 48.2. The largest absolute Gasteiger partial charge is 0.309 e. The molecule has 18 rings (SSSR count). The van der Waals surface area contributed by atoms with E-state index in [9.17, 15) is 0 Å². The first-order chi connectivity index (χ1) is 42.0. The van der Waals surface area contributed by atoms with Gasteiger partial charge in [-0.05, 0) is 209 Å². The standard InChI is InChI=1S/C83H56N2/c1-5-21-75-69(17-1)70-18-2-6-22-76(70)82(75)49-64-32-30-59(45-66(64)51-82)53-26-28-54(29-27-53)61-36-40-80-73(47-61)74-48-62(60-31-33-65-50-83(52-67(65)46-60)77-23-7-3-19-71(77)72-20-4-8-24-78(72)83)37-41-81(74)85(80)68-38-34-55(35-39-68)56-13-11-14-57(43-56)58-15-12-16-63(44-58)79-25-9-10-42-84-79/h1-48H,49-52H2. The van der Waals surface area contributed by atoms with Crippen molar-refractivity contribution in [2.24, 2.45) is 0 Å². The summed E-state index contributed by atoms with van der Waals surface area (Å²) in [6, 6.07) is 107. The SMILES string of the molecule is c1ccc(-c2cccc(-c3cccc(-c4ccc(-n5c6ccc(-c7ccc(-c8ccc9c(c8)CC8(C9)c9ccccc9-c9ccccc98)cc7)cc6c6cc(-c7ccc8c(c7)CC7(C8)c8ccccc8-c8ccccc87)ccc65)cc4)c3)c2)nc1. The Kier molecular flexibility index (Phi) is 10.5. The summed E-state index contributed by atoms with van der Waals surface area (Å²) < 4.78 is 2.47. The summed E-state index contributed by atoms with van der Waals surface area (Å²) in [4.78, 5) is 4.62. The van der Waals surface area contributed by atoms with Crippen molar-refractivity contribution in [3.05, 3.63) is 336 Å². The first-order valence-corrected chi connectivity index (χ1v) is 30.1. The molecule has 0 bridgehead atoms. The van der Waals surface area contributed by atoms with Gasteiger partial charge in [0.15, 0.2) is 0 Å². The average molecular weight is 1080 g/mol. The molecule has 0 amide bonds. The molecule has 2 nitrogen and oxygen atoms in total. The van der Waals surface area contributed by atoms with Gasteiger partial charge in [0.2, 0.25) is 0 Å². The zero-order valence-electron chi connectivity index (χ0n) is 46.9. The average Bonchev–Trinajstić information content (AvgIpc) is 2.02. The summed E-state index contributed by atoms with van der Waals surface area (Å²) in [5, 5.41) is 2.49. The lowest BCUT2D eigenvalue weighted by Gasteiger charge is -2.26. The summed E-state index contributed by atoms with van der Waals surface area (Å²) in [7, 11) is 0. The molecular formula is C83H56N2. The van der Waals surface area contributed by atoms with Crippen LogP contribution in [0.2, 0.25) is 0 Å². The van der Waals surface area contributed by atoms with Crippen molar-refractivity contribution in [3.8, 4) is 94.8 Å². The molecule has 2 spiro atoms. The van der Waals surface area contributed by atoms with Crippen molar-refractivity contribution in [3.63, 3.8) is 0 Å². The highest BCUT2D eigenvalue weighted by Gasteiger charge is 2.48. The summed E-state index contributed by atoms with van der Waals surface area (Å²) in [6.45, 7) is 0. The molecular weight excluding hydrogens is 1020 g/mol. The van der Waals surface area contributed by atoms with E-state index in [4.69, 9.17) is 0 Å². The summed E-state index contributed by atoms with van der Waals surface area (Å²) in [6.07, 6.45) is 5.95. The van der Waals surface area contributed by atoms with Gasteiger partial charge in [0.25, 0.3) is 0 Å². The summed E-state index contributed by atoms with van der Waals surface area (Å²) in [5.41, 5.74) is 35.0. The molecule has 0 radical (unpaired) electrons. The number of rotatable bonds is 7. The number of benzene rings is 12. The van der Waals surface area contributed by atoms with Gasteiger partial charge in [-0.1, -0.05) is 224 Å². The van der Waals surface area contributed by atoms with Crippen molar-refractivity contribution in [1.29, 1.82) is 0 Å². The predicted molar refractivity (Wildman–Crippen MR) is 351 cm³/mol. The Morgan fingerprint density at radius 3 is 1.09 bits per heavy atom. The highest BCUT2D eigenvalue weighted by molar-refractivity contribution is 6.12. The van der Waals surface area contributed by atoms with Gasteiger partial charge in [0.05, 0.1) is 16.7 Å². The number of fused-ring (bicyclic) bond motifs is 15. The fourth-order valence-electron chi connectivity index (χ4n) is 15.9. The molecule has 0 unspecified atom stereocenters. The fourth-order valence-corrected chi connectivity index (χ4v) is 15.9. The maximum atomic E-state index is 4.62. The molecule has 0 atom stereocenters. The normalized spacial score (nSPS) is 14.4. The Morgan fingerprint density at radius 2 is 0.612 bits per heavy atom. The molecule has 398 valence electrons. The smallest absolute Gasteiger partial charge is 0.0702 e. The monoisotopic (exact) mass is 1080 g/mol. The van der Waals surface area contributed by atoms with Gasteiger partial charge in [-0.15, -0.1) is 0 Å². The molecule has 0 saturated carbocycles. The molecule has 12 aromatic carbocycles. The highest BCUT2D eigenvalue weighted by atomic mass is 15.0. The predicted octanol–water partition coefficient (Wildman–Crippen LogP) is 20.3. The van der Waals surface area contributed by atoms with Crippen LogP contribution in [0.1, 0.15) is 44.5 Å². The van der Waals surface area contributed by atoms with Crippen LogP contribution < -0.4 is 0 Å². The van der Waals surface area contributed by atoms with E-state index in [-0.39, 0.29) is 10.8 Å². The lowest BCUT2D eigenvalue weighted by atomic mass is 9.76. The van der Waals surface area contributed by atoms with Crippen molar-refractivity contribution >= 4 is 21.8 Å². The van der Waals surface area contributed by atoms with Crippen LogP contribution >= 0.6 is 0 Å². The third-order valence-electron chi connectivity index (χ3n) is 19.9. The molecule has 2 aromatic heterocycles. The van der Waals surface area contributed by atoms with Crippen molar-refractivity contribution in [1.82, 2.24) is 9.55 Å². The number of hydrogen-bond acceptors (Lipinski definition) is 1. The lowest BCUT2D eigenvalue weighted by Crippen LogP contribution is -2.25. The zero-order chi connectivity index (χ0) is 55.8. The number of hydrogen-bond donors (Lipinski definition) is 0. The molecule has 0 N–H and O–H groups in total. The number of pyridine rings is 1. The molecule has 14 aromatic rings. The molecule has 0 aliphatic heterocycles. The molecule has 4 aliphatic rings. The topological polar surface area (TPSA) is 17.8 Å². The molecule has 2 heteroatoms. The Balaban J connectivity index is 0.701. The van der Waals surface area contributed by atoms with E-state index in [1.54, 1.807) is 0 Å². The quantitative estimate of drug-likeness (QED) is 0.156. The summed E-state index contributed by atoms with van der Waals surface area (Å²) >= 11 is 0. The second-order valence-corrected chi connectivity index (χ2v) is 24.3. The van der Waals surface area contributed by atoms with E-state index in [1.165, 1.54) is 144 Å². The molecule has 0 fully saturated rings. The van der Waals surface area contributed by atoms with Gasteiger partial charge in [-0.25, -0.2) is 0 Å². The number of aromatic nitrogens is 2. The lowest BCUT2D eigenvalue weighted by molar-refractivity contribution is 0.563. The molecule has 2 heterocycles. The van der Waals surface area contributed by atoms with Gasteiger partial charge < -0.3 is 4.57 Å². The van der Waals surface area contributed by atoms with E-state index in [1.807, 2.05) is 18.3 Å². The fraction of sp³-hybridized carbons (Fsp3) is 0.0723. The van der Waals surface area contributed by atoms with E-state index >= 15 is 0 Å². The van der Waals surface area contributed by atoms with Crippen LogP contribution in [0.25, 0.3) is 117 Å². The van der Waals surface area contributed by atoms with Crippen LogP contribution in [0.4, 0.5) is 0 Å². The Labute approximate surface area is 495 Å². The zero-order valence-corrected chi connectivity index (χ0v) is 46.9. The van der Waals surface area contributed by atoms with Gasteiger partial charge in [0.1, 0.15) is 0 Å². The van der Waals surface area contributed by atoms with Crippen molar-refractivity contribution in [2.75, 3.05) is 0 Å². The van der Waals surface area contributed by atoms with E-state index in [2.05, 4.69) is 283 Å². The first-order valence-electron chi connectivity index (χ1n) is 30.1. The van der Waals surface area contributed by atoms with Gasteiger partial charge in [0, 0.05) is 39.1 Å². The maximum absolute atomic E-state index is 4.62. The van der Waals surface area contributed by atoms with Gasteiger partial charge in [-0.3, -0.25) is 4.98 Å². The van der Waals surface area contributed by atoms with Crippen molar-refractivity contribution in [2.45, 2.75) is 36.5 Å². The minimum atomic E-state index is -0.0362. The third kappa shape index (κ3) is 7.41. The van der Waals surface area contributed by atoms with Crippen LogP contribution in [0.5, 0.6) is 0 Å². The minimum absolute atomic E-state index is 0.00682. The molecule has 85 heavy (non-hydrogen) atoms. The second kappa shape index (κ2) is 18.5. The Morgan fingerprint density at radius 1 is 0.259 bits per heavy atom. The Bertz CT molecular complexity index is 4970. The Hall–Kier alpha value is -10.4. The van der Waals surface area contributed by atoms with E-state index in [0.717, 1.165) is 42.6 Å². The maximum Gasteiger partial charge on any atom is 0.0702 e. The van der Waals surface area contributed by atoms with Crippen LogP contribution in [0.15, 0.2) is 291 Å². The van der Waals surface area contributed by atoms with Crippen LogP contribution in [0, 0.1) is 0 Å². The summed E-state index contributed by atoms with van der Waals surface area (Å²) in [5.74, 6) is 0. The minimum Gasteiger partial charge on any atom is -0.309 e. The van der Waals surface area contributed by atoms with Crippen LogP contribution in [-0.2, 0) is 36.5 Å². The van der Waals surface area contributed by atoms with E-state index in [0.29, 0.717) is 0 Å². The van der Waals surface area contributed by atoms with Gasteiger partial charge >= 0.3 is 0 Å². The van der Waals surface area contributed by atoms with E-state index < -0.39 is 0 Å². The molecule has 0 saturated heterocycles. The second-order valence-electron chi connectivity index (χ2n) is 24.3. The number of nitrogens with zero attached hydrogens (tertiary/aromatic N) is 2. The molecule has 4 aliphatic carbocycles. The van der Waals surface area contributed by atoms with Gasteiger partial charge in [-0.2, -0.15) is 0 Å². The van der Waals surface area contributed by atoms with Crippen LogP contribution in [0.3, 0.4) is 0 Å². The third-order valence-corrected chi connectivity index (χ3v) is 19.9. The highest BCUT2D eigenvalue weighted by Crippen LogP contribution is 2.57. The van der Waals surface area contributed by atoms with Crippen LogP contribution in [-0.4, -0.2) is 9.55 Å². The van der Waals surface area contributed by atoms with Crippen molar-refractivity contribution < 1.29 is 0 Å².